The van der Waals surface area contributed by atoms with Crippen molar-refractivity contribution in [3.05, 3.63) is 60.0 Å². The number of rotatable bonds is 1. The third-order valence-corrected chi connectivity index (χ3v) is 2.88. The fourth-order valence-corrected chi connectivity index (χ4v) is 1.86. The largest absolute Gasteiger partial charge is 0.236 e. The SMILES string of the molecule is Cc1ccc(-c2ncc3c(F)cccc3n2)cc1. The molecule has 88 valence electrons. The van der Waals surface area contributed by atoms with Crippen LogP contribution in [0.2, 0.25) is 0 Å². The van der Waals surface area contributed by atoms with Crippen molar-refractivity contribution in [1.29, 1.82) is 0 Å². The lowest BCUT2D eigenvalue weighted by atomic mass is 10.1. The Morgan fingerprint density at radius 2 is 1.78 bits per heavy atom. The predicted molar refractivity (Wildman–Crippen MR) is 69.7 cm³/mol. The van der Waals surface area contributed by atoms with E-state index in [-0.39, 0.29) is 5.82 Å². The lowest BCUT2D eigenvalue weighted by molar-refractivity contribution is 0.639. The summed E-state index contributed by atoms with van der Waals surface area (Å²) in [6, 6.07) is 12.8. The molecular formula is C15H11FN2. The molecule has 3 aromatic rings. The van der Waals surface area contributed by atoms with Gasteiger partial charge in [-0.25, -0.2) is 14.4 Å². The van der Waals surface area contributed by atoms with E-state index in [1.54, 1.807) is 12.1 Å². The van der Waals surface area contributed by atoms with Gasteiger partial charge in [0.1, 0.15) is 5.82 Å². The zero-order chi connectivity index (χ0) is 12.5. The number of fused-ring (bicyclic) bond motifs is 1. The molecule has 0 amide bonds. The molecule has 0 unspecified atom stereocenters. The summed E-state index contributed by atoms with van der Waals surface area (Å²) in [4.78, 5) is 8.60. The number of hydrogen-bond acceptors (Lipinski definition) is 2. The van der Waals surface area contributed by atoms with Crippen LogP contribution in [0.4, 0.5) is 4.39 Å². The van der Waals surface area contributed by atoms with Gasteiger partial charge < -0.3 is 0 Å². The number of halogens is 1. The Kier molecular flexibility index (Phi) is 2.52. The molecule has 0 saturated carbocycles. The Morgan fingerprint density at radius 3 is 2.56 bits per heavy atom. The van der Waals surface area contributed by atoms with Crippen molar-refractivity contribution < 1.29 is 4.39 Å². The van der Waals surface area contributed by atoms with Gasteiger partial charge in [-0.15, -0.1) is 0 Å². The van der Waals surface area contributed by atoms with Gasteiger partial charge in [0.2, 0.25) is 0 Å². The Morgan fingerprint density at radius 1 is 1.00 bits per heavy atom. The molecule has 2 nitrogen and oxygen atoms in total. The van der Waals surface area contributed by atoms with Gasteiger partial charge in [0, 0.05) is 11.8 Å². The second-order valence-corrected chi connectivity index (χ2v) is 4.23. The van der Waals surface area contributed by atoms with Crippen LogP contribution in [0.1, 0.15) is 5.56 Å². The highest BCUT2D eigenvalue weighted by Crippen LogP contribution is 2.20. The molecule has 0 N–H and O–H groups in total. The third kappa shape index (κ3) is 1.84. The van der Waals surface area contributed by atoms with Crippen LogP contribution < -0.4 is 0 Å². The minimum absolute atomic E-state index is 0.289. The molecule has 0 atom stereocenters. The van der Waals surface area contributed by atoms with Gasteiger partial charge >= 0.3 is 0 Å². The first kappa shape index (κ1) is 10.8. The molecule has 3 heteroatoms. The lowest BCUT2D eigenvalue weighted by Gasteiger charge is -2.03. The Labute approximate surface area is 104 Å². The van der Waals surface area contributed by atoms with Crippen LogP contribution in [0, 0.1) is 12.7 Å². The van der Waals surface area contributed by atoms with Gasteiger partial charge in [-0.1, -0.05) is 35.9 Å². The summed E-state index contributed by atoms with van der Waals surface area (Å²) in [7, 11) is 0. The molecule has 0 saturated heterocycles. The number of nitrogens with zero attached hydrogens (tertiary/aromatic N) is 2. The monoisotopic (exact) mass is 238 g/mol. The highest BCUT2D eigenvalue weighted by molar-refractivity contribution is 5.80. The van der Waals surface area contributed by atoms with Crippen molar-refractivity contribution in [3.63, 3.8) is 0 Å². The van der Waals surface area contributed by atoms with E-state index in [0.717, 1.165) is 5.56 Å². The van der Waals surface area contributed by atoms with Crippen molar-refractivity contribution in [2.24, 2.45) is 0 Å². The Bertz CT molecular complexity index is 705. The highest BCUT2D eigenvalue weighted by Gasteiger charge is 2.05. The van der Waals surface area contributed by atoms with Gasteiger partial charge in [-0.05, 0) is 19.1 Å². The van der Waals surface area contributed by atoms with E-state index in [2.05, 4.69) is 9.97 Å². The molecule has 0 aliphatic rings. The molecule has 0 radical (unpaired) electrons. The molecule has 0 aliphatic heterocycles. The van der Waals surface area contributed by atoms with Crippen molar-refractivity contribution in [3.8, 4) is 11.4 Å². The van der Waals surface area contributed by atoms with E-state index < -0.39 is 0 Å². The zero-order valence-corrected chi connectivity index (χ0v) is 9.89. The van der Waals surface area contributed by atoms with Crippen LogP contribution >= 0.6 is 0 Å². The van der Waals surface area contributed by atoms with Crippen molar-refractivity contribution in [2.75, 3.05) is 0 Å². The molecule has 3 rings (SSSR count). The second-order valence-electron chi connectivity index (χ2n) is 4.23. The minimum atomic E-state index is -0.289. The van der Waals surface area contributed by atoms with Crippen molar-refractivity contribution >= 4 is 10.9 Å². The lowest BCUT2D eigenvalue weighted by Crippen LogP contribution is -1.91. The first-order valence-electron chi connectivity index (χ1n) is 5.72. The fraction of sp³-hybridized carbons (Fsp3) is 0.0667. The maximum Gasteiger partial charge on any atom is 0.159 e. The third-order valence-electron chi connectivity index (χ3n) is 2.88. The standard InChI is InChI=1S/C15H11FN2/c1-10-5-7-11(8-6-10)15-17-9-12-13(16)3-2-4-14(12)18-15/h2-9H,1H3. The molecule has 0 fully saturated rings. The average molecular weight is 238 g/mol. The van der Waals surface area contributed by atoms with Gasteiger partial charge in [0.25, 0.3) is 0 Å². The minimum Gasteiger partial charge on any atom is -0.236 e. The number of benzene rings is 2. The van der Waals surface area contributed by atoms with Gasteiger partial charge in [-0.3, -0.25) is 0 Å². The summed E-state index contributed by atoms with van der Waals surface area (Å²) < 4.78 is 13.5. The van der Waals surface area contributed by atoms with E-state index in [4.69, 9.17) is 0 Å². The average Bonchev–Trinajstić information content (AvgIpc) is 2.39. The first-order chi connectivity index (χ1) is 8.74. The number of hydrogen-bond donors (Lipinski definition) is 0. The van der Waals surface area contributed by atoms with Gasteiger partial charge in [0.15, 0.2) is 5.82 Å². The van der Waals surface area contributed by atoms with E-state index in [1.807, 2.05) is 31.2 Å². The van der Waals surface area contributed by atoms with E-state index in [1.165, 1.54) is 17.8 Å². The van der Waals surface area contributed by atoms with Crippen LogP contribution in [-0.4, -0.2) is 9.97 Å². The summed E-state index contributed by atoms with van der Waals surface area (Å²) in [6.45, 7) is 2.03. The molecule has 18 heavy (non-hydrogen) atoms. The smallest absolute Gasteiger partial charge is 0.159 e. The van der Waals surface area contributed by atoms with E-state index >= 15 is 0 Å². The molecule has 0 bridgehead atoms. The van der Waals surface area contributed by atoms with Crippen LogP contribution in [0.5, 0.6) is 0 Å². The summed E-state index contributed by atoms with van der Waals surface area (Å²) in [5.41, 5.74) is 2.75. The summed E-state index contributed by atoms with van der Waals surface area (Å²) in [5.74, 6) is 0.330. The van der Waals surface area contributed by atoms with Crippen molar-refractivity contribution in [2.45, 2.75) is 6.92 Å². The zero-order valence-electron chi connectivity index (χ0n) is 9.89. The van der Waals surface area contributed by atoms with Gasteiger partial charge in [-0.2, -0.15) is 0 Å². The van der Waals surface area contributed by atoms with E-state index in [9.17, 15) is 4.39 Å². The van der Waals surface area contributed by atoms with Crippen molar-refractivity contribution in [1.82, 2.24) is 9.97 Å². The first-order valence-corrected chi connectivity index (χ1v) is 5.72. The fourth-order valence-electron chi connectivity index (χ4n) is 1.86. The summed E-state index contributed by atoms with van der Waals surface area (Å²) in [5, 5.41) is 0.452. The van der Waals surface area contributed by atoms with Crippen LogP contribution in [-0.2, 0) is 0 Å². The predicted octanol–water partition coefficient (Wildman–Crippen LogP) is 3.74. The highest BCUT2D eigenvalue weighted by atomic mass is 19.1. The molecule has 1 aromatic heterocycles. The Balaban J connectivity index is 2.16. The summed E-state index contributed by atoms with van der Waals surface area (Å²) >= 11 is 0. The maximum atomic E-state index is 13.5. The molecular weight excluding hydrogens is 227 g/mol. The van der Waals surface area contributed by atoms with E-state index in [0.29, 0.717) is 16.7 Å². The maximum absolute atomic E-state index is 13.5. The number of aromatic nitrogens is 2. The summed E-state index contributed by atoms with van der Waals surface area (Å²) in [6.07, 6.45) is 1.53. The Hall–Kier alpha value is -2.29. The van der Waals surface area contributed by atoms with Crippen LogP contribution in [0.3, 0.4) is 0 Å². The normalized spacial score (nSPS) is 10.8. The molecule has 0 aliphatic carbocycles. The second kappa shape index (κ2) is 4.18. The van der Waals surface area contributed by atoms with Crippen LogP contribution in [0.25, 0.3) is 22.3 Å². The topological polar surface area (TPSA) is 25.8 Å². The van der Waals surface area contributed by atoms with Gasteiger partial charge in [0.05, 0.1) is 10.9 Å². The molecule has 1 heterocycles. The van der Waals surface area contributed by atoms with Crippen LogP contribution in [0.15, 0.2) is 48.7 Å². The quantitative estimate of drug-likeness (QED) is 0.645. The number of aryl methyl sites for hydroxylation is 1. The molecule has 2 aromatic carbocycles. The molecule has 0 spiro atoms.